The first kappa shape index (κ1) is 26.0. The van der Waals surface area contributed by atoms with Gasteiger partial charge in [0, 0.05) is 65.8 Å². The number of nitrogens with zero attached hydrogens (tertiary/aromatic N) is 4. The molecule has 4 aromatic rings. The second kappa shape index (κ2) is 10.7. The van der Waals surface area contributed by atoms with Crippen molar-refractivity contribution < 1.29 is 41.1 Å². The van der Waals surface area contributed by atoms with E-state index in [1.807, 2.05) is 44.3 Å². The van der Waals surface area contributed by atoms with Crippen LogP contribution in [0.2, 0.25) is 0 Å². The Hall–Kier alpha value is -2.64. The molecule has 0 atom stereocenters. The second-order valence-corrected chi connectivity index (χ2v) is 9.38. The van der Waals surface area contributed by atoms with Crippen LogP contribution in [0.4, 0.5) is 5.69 Å². The van der Waals surface area contributed by atoms with E-state index in [9.17, 15) is 10.0 Å². The summed E-state index contributed by atoms with van der Waals surface area (Å²) in [4.78, 5) is 17.2. The van der Waals surface area contributed by atoms with E-state index in [-0.39, 0.29) is 47.2 Å². The number of rotatable bonds is 7. The number of amides is 1. The van der Waals surface area contributed by atoms with Crippen molar-refractivity contribution in [3.8, 4) is 5.69 Å². The van der Waals surface area contributed by atoms with Crippen LogP contribution >= 0.6 is 12.6 Å². The molecule has 0 radical (unpaired) electrons. The normalized spacial score (nSPS) is 11.1. The Morgan fingerprint density at radius 2 is 2.06 bits per heavy atom. The molecule has 2 aromatic heterocycles. The summed E-state index contributed by atoms with van der Waals surface area (Å²) in [6.45, 7) is 3.85. The Morgan fingerprint density at radius 1 is 1.26 bits per heavy atom. The molecular weight excluding hydrogens is 674 g/mol. The van der Waals surface area contributed by atoms with Crippen LogP contribution in [0.3, 0.4) is 0 Å². The molecule has 0 spiro atoms. The molecule has 0 aliphatic carbocycles. The fourth-order valence-electron chi connectivity index (χ4n) is 3.39. The van der Waals surface area contributed by atoms with Crippen molar-refractivity contribution in [1.82, 2.24) is 20.2 Å². The average Bonchev–Trinajstić information content (AvgIpc) is 3.32. The molecular formula is C24H23N6O2SU-. The Morgan fingerprint density at radius 3 is 2.76 bits per heavy atom. The number of anilines is 1. The van der Waals surface area contributed by atoms with Gasteiger partial charge in [-0.1, -0.05) is 19.9 Å². The number of fused-ring (bicyclic) bond motifs is 1. The van der Waals surface area contributed by atoms with Gasteiger partial charge >= 0.3 is 0 Å². The smallest absolute Gasteiger partial charge is 0.290 e. The molecule has 3 N–H and O–H groups in total. The van der Waals surface area contributed by atoms with Crippen LogP contribution in [0.5, 0.6) is 0 Å². The first-order valence-corrected chi connectivity index (χ1v) is 10.7. The maximum absolute atomic E-state index is 12.7. The number of hydrogen-bond acceptors (Lipinski definition) is 7. The minimum atomic E-state index is -0.589. The van der Waals surface area contributed by atoms with Crippen LogP contribution in [0.1, 0.15) is 36.3 Å². The zero-order valence-corrected chi connectivity index (χ0v) is 23.7. The topological polar surface area (TPSA) is 107 Å². The molecule has 4 rings (SSSR count). The Labute approximate surface area is 226 Å². The van der Waals surface area contributed by atoms with E-state index in [1.54, 1.807) is 41.2 Å². The fraction of sp³-hybridized carbons (Fsp3) is 0.167. The molecule has 0 aliphatic rings. The van der Waals surface area contributed by atoms with Crippen molar-refractivity contribution in [2.24, 2.45) is 0 Å². The molecule has 8 nitrogen and oxygen atoms in total. The molecule has 10 heteroatoms. The Balaban J connectivity index is 0.00000324. The number of thiol groups is 1. The van der Waals surface area contributed by atoms with E-state index < -0.39 is 5.91 Å². The van der Waals surface area contributed by atoms with Crippen molar-refractivity contribution >= 4 is 40.8 Å². The van der Waals surface area contributed by atoms with Crippen molar-refractivity contribution in [2.45, 2.75) is 25.0 Å². The van der Waals surface area contributed by atoms with Gasteiger partial charge in [-0.25, -0.2) is 15.1 Å². The average molecular weight is 698 g/mol. The third-order valence-corrected chi connectivity index (χ3v) is 5.03. The van der Waals surface area contributed by atoms with Crippen LogP contribution in [-0.4, -0.2) is 36.3 Å². The Bertz CT molecular complexity index is 1320. The van der Waals surface area contributed by atoms with Gasteiger partial charge in [-0.2, -0.15) is 41.1 Å². The first-order chi connectivity index (χ1) is 15.7. The van der Waals surface area contributed by atoms with E-state index in [2.05, 4.69) is 34.2 Å². The summed E-state index contributed by atoms with van der Waals surface area (Å²) in [6, 6.07) is 18.5. The molecule has 0 unspecified atom stereocenters. The third kappa shape index (κ3) is 6.07. The number of carbonyl (C=O) groups excluding carboxylic acids is 1. The summed E-state index contributed by atoms with van der Waals surface area (Å²) < 4.78 is 1.39. The predicted molar refractivity (Wildman–Crippen MR) is 130 cm³/mol. The number of benzene rings is 2. The monoisotopic (exact) mass is 697 g/mol. The molecule has 172 valence electrons. The quantitative estimate of drug-likeness (QED) is 0.100. The molecule has 0 fully saturated rings. The third-order valence-electron chi connectivity index (χ3n) is 4.87. The molecule has 1 amide bonds. The van der Waals surface area contributed by atoms with E-state index in [1.165, 1.54) is 0 Å². The first-order valence-electron chi connectivity index (χ1n) is 10.2. The zero-order valence-electron chi connectivity index (χ0n) is 18.6. The van der Waals surface area contributed by atoms with Gasteiger partial charge in [-0.15, -0.1) is 11.6 Å². The maximum Gasteiger partial charge on any atom is 0.290 e. The van der Waals surface area contributed by atoms with Crippen LogP contribution in [0, 0.1) is 42.6 Å². The van der Waals surface area contributed by atoms with Gasteiger partial charge < -0.3 is 5.41 Å². The van der Waals surface area contributed by atoms with Crippen molar-refractivity contribution in [1.29, 1.82) is 5.41 Å². The van der Waals surface area contributed by atoms with Crippen molar-refractivity contribution in [3.05, 3.63) is 84.3 Å². The van der Waals surface area contributed by atoms with Gasteiger partial charge in [0.1, 0.15) is 5.69 Å². The second-order valence-electron chi connectivity index (χ2n) is 8.17. The number of nitrogens with one attached hydrogen (secondary N) is 2. The fourth-order valence-corrected chi connectivity index (χ4v) is 3.55. The number of carbonyl (C=O) groups is 1. The van der Waals surface area contributed by atoms with Crippen LogP contribution in [0.15, 0.2) is 67.0 Å². The van der Waals surface area contributed by atoms with Crippen molar-refractivity contribution in [3.63, 3.8) is 0 Å². The number of pyridine rings is 1. The van der Waals surface area contributed by atoms with Gasteiger partial charge in [-0.3, -0.25) is 10.0 Å². The molecule has 2 heterocycles. The molecule has 0 saturated heterocycles. The SMILES string of the molecule is CC(C)(S)CC(=N)c1cc[c-]c(N(O)NC(=O)c2ccc3c(-n4cccn4)cccc3n2)c1.[U]. The van der Waals surface area contributed by atoms with Gasteiger partial charge in [0.15, 0.2) is 0 Å². The van der Waals surface area contributed by atoms with Crippen LogP contribution in [-0.2, 0) is 0 Å². The number of hydrazine groups is 1. The zero-order chi connectivity index (χ0) is 23.6. The molecule has 2 aromatic carbocycles. The molecule has 0 aliphatic heterocycles. The van der Waals surface area contributed by atoms with E-state index in [4.69, 9.17) is 5.41 Å². The van der Waals surface area contributed by atoms with E-state index >= 15 is 0 Å². The summed E-state index contributed by atoms with van der Waals surface area (Å²) in [5, 5.41) is 24.4. The van der Waals surface area contributed by atoms with E-state index in [0.29, 0.717) is 28.4 Å². The number of hydrogen-bond donors (Lipinski definition) is 4. The predicted octanol–water partition coefficient (Wildman–Crippen LogP) is 4.23. The summed E-state index contributed by atoms with van der Waals surface area (Å²) in [5.74, 6) is -0.589. The standard InChI is InChI=1S/C24H23N6O2S.U/c1-24(2,33)15-19(25)16-6-3-7-17(14-16)30(32)28-23(31)21-11-10-18-20(27-21)8-4-9-22(18)29-13-5-12-26-29;/h3-6,8-14,25,32-33H,15H2,1-2H3,(H,28,31);/q-1;. The minimum Gasteiger partial charge on any atom is -0.307 e. The molecule has 0 saturated carbocycles. The summed E-state index contributed by atoms with van der Waals surface area (Å²) >= 11 is 4.47. The molecule has 0 bridgehead atoms. The molecule has 34 heavy (non-hydrogen) atoms. The maximum atomic E-state index is 12.7. The van der Waals surface area contributed by atoms with E-state index in [0.717, 1.165) is 11.1 Å². The largest absolute Gasteiger partial charge is 0.307 e. The summed E-state index contributed by atoms with van der Waals surface area (Å²) in [6.07, 6.45) is 3.97. The van der Waals surface area contributed by atoms with Gasteiger partial charge in [0.2, 0.25) is 0 Å². The van der Waals surface area contributed by atoms with Crippen molar-refractivity contribution in [2.75, 3.05) is 5.17 Å². The Kier molecular flexibility index (Phi) is 8.21. The van der Waals surface area contributed by atoms with Gasteiger partial charge in [0.25, 0.3) is 5.91 Å². The van der Waals surface area contributed by atoms with Crippen LogP contribution in [0.25, 0.3) is 16.6 Å². The van der Waals surface area contributed by atoms with Gasteiger partial charge in [-0.05, 0) is 36.0 Å². The van der Waals surface area contributed by atoms with Gasteiger partial charge in [0.05, 0.1) is 11.2 Å². The number of aromatic nitrogens is 3. The summed E-state index contributed by atoms with van der Waals surface area (Å²) in [7, 11) is 0. The minimum absolute atomic E-state index is 0. The summed E-state index contributed by atoms with van der Waals surface area (Å²) in [5.41, 5.74) is 5.17. The van der Waals surface area contributed by atoms with Crippen LogP contribution < -0.4 is 10.6 Å².